The molecule has 0 aliphatic rings. The third-order valence-electron chi connectivity index (χ3n) is 3.90. The first kappa shape index (κ1) is 16.2. The van der Waals surface area contributed by atoms with Crippen molar-refractivity contribution in [2.24, 2.45) is 0 Å². The fourth-order valence-electron chi connectivity index (χ4n) is 2.64. The van der Waals surface area contributed by atoms with Crippen LogP contribution in [0.1, 0.15) is 10.5 Å². The number of carbonyl (C=O) groups excluding carboxylic acids is 1. The number of hydrogen-bond donors (Lipinski definition) is 1. The fraction of sp³-hybridized carbons (Fsp3) is 0. The number of carbonyl (C=O) groups is 1. The Labute approximate surface area is 155 Å². The van der Waals surface area contributed by atoms with Crippen LogP contribution in [0.4, 0.5) is 5.69 Å². The van der Waals surface area contributed by atoms with Gasteiger partial charge in [0.05, 0.1) is 5.69 Å². The minimum Gasteiger partial charge on any atom is -0.321 e. The number of benzene rings is 2. The average Bonchev–Trinajstić information content (AvgIpc) is 3.34. The summed E-state index contributed by atoms with van der Waals surface area (Å²) in [5, 5.41) is 7.96. The summed E-state index contributed by atoms with van der Waals surface area (Å²) in [4.78, 5) is 12.6. The second-order valence-corrected chi connectivity index (χ2v) is 6.12. The summed E-state index contributed by atoms with van der Waals surface area (Å²) < 4.78 is 3.66. The van der Waals surface area contributed by atoms with Crippen molar-refractivity contribution in [2.75, 3.05) is 5.32 Å². The fourth-order valence-corrected chi connectivity index (χ4v) is 2.77. The van der Waals surface area contributed by atoms with Crippen LogP contribution in [-0.2, 0) is 0 Å². The largest absolute Gasteiger partial charge is 0.321 e. The van der Waals surface area contributed by atoms with Gasteiger partial charge in [-0.2, -0.15) is 5.10 Å². The number of halogens is 1. The van der Waals surface area contributed by atoms with E-state index in [0.717, 1.165) is 11.5 Å². The Morgan fingerprint density at radius 2 is 1.62 bits per heavy atom. The molecule has 26 heavy (non-hydrogen) atoms. The van der Waals surface area contributed by atoms with Gasteiger partial charge in [-0.05, 0) is 48.5 Å². The molecule has 0 aliphatic heterocycles. The molecule has 0 bridgehead atoms. The molecule has 4 aromatic rings. The number of nitrogens with zero attached hydrogens (tertiary/aromatic N) is 3. The number of anilines is 1. The average molecular weight is 363 g/mol. The summed E-state index contributed by atoms with van der Waals surface area (Å²) in [6.07, 6.45) is 3.83. The highest BCUT2D eigenvalue weighted by atomic mass is 35.5. The summed E-state index contributed by atoms with van der Waals surface area (Å²) in [7, 11) is 0. The molecule has 0 unspecified atom stereocenters. The first-order chi connectivity index (χ1) is 12.7. The van der Waals surface area contributed by atoms with Gasteiger partial charge in [-0.15, -0.1) is 0 Å². The van der Waals surface area contributed by atoms with Crippen molar-refractivity contribution in [2.45, 2.75) is 0 Å². The van der Waals surface area contributed by atoms with Crippen molar-refractivity contribution in [3.05, 3.63) is 95.9 Å². The first-order valence-electron chi connectivity index (χ1n) is 8.06. The maximum absolute atomic E-state index is 12.6. The lowest BCUT2D eigenvalue weighted by Gasteiger charge is -2.07. The zero-order valence-corrected chi connectivity index (χ0v) is 14.5. The van der Waals surface area contributed by atoms with E-state index in [9.17, 15) is 4.79 Å². The Kier molecular flexibility index (Phi) is 4.29. The van der Waals surface area contributed by atoms with Gasteiger partial charge in [0.2, 0.25) is 0 Å². The first-order valence-corrected chi connectivity index (χ1v) is 8.44. The second-order valence-electron chi connectivity index (χ2n) is 5.69. The van der Waals surface area contributed by atoms with Crippen molar-refractivity contribution in [1.29, 1.82) is 0 Å². The van der Waals surface area contributed by atoms with E-state index in [1.54, 1.807) is 35.0 Å². The maximum atomic E-state index is 12.6. The molecule has 0 spiro atoms. The molecular weight excluding hydrogens is 348 g/mol. The summed E-state index contributed by atoms with van der Waals surface area (Å²) >= 11 is 5.88. The smallest absolute Gasteiger partial charge is 0.276 e. The van der Waals surface area contributed by atoms with Gasteiger partial charge in [0, 0.05) is 29.2 Å². The van der Waals surface area contributed by atoms with Gasteiger partial charge in [0.15, 0.2) is 5.69 Å². The predicted molar refractivity (Wildman–Crippen MR) is 102 cm³/mol. The standard InChI is InChI=1S/C20H15ClN4O/c21-15-8-10-16(11-9-15)22-20(26)18-14-19(24-12-4-5-13-24)25(23-18)17-6-2-1-3-7-17/h1-14H,(H,22,26). The molecule has 0 atom stereocenters. The summed E-state index contributed by atoms with van der Waals surface area (Å²) in [5.41, 5.74) is 1.87. The van der Waals surface area contributed by atoms with E-state index < -0.39 is 0 Å². The van der Waals surface area contributed by atoms with Crippen LogP contribution in [0.5, 0.6) is 0 Å². The Hall–Kier alpha value is -3.31. The zero-order valence-electron chi connectivity index (χ0n) is 13.7. The van der Waals surface area contributed by atoms with Gasteiger partial charge in [0.1, 0.15) is 5.82 Å². The van der Waals surface area contributed by atoms with Crippen LogP contribution in [0.2, 0.25) is 5.02 Å². The molecule has 0 saturated heterocycles. The monoisotopic (exact) mass is 362 g/mol. The molecule has 4 rings (SSSR count). The molecule has 0 radical (unpaired) electrons. The summed E-state index contributed by atoms with van der Waals surface area (Å²) in [5.74, 6) is 0.498. The topological polar surface area (TPSA) is 51.9 Å². The van der Waals surface area contributed by atoms with Crippen LogP contribution >= 0.6 is 11.6 Å². The van der Waals surface area contributed by atoms with Gasteiger partial charge in [-0.25, -0.2) is 4.68 Å². The van der Waals surface area contributed by atoms with Crippen molar-refractivity contribution in [1.82, 2.24) is 14.3 Å². The van der Waals surface area contributed by atoms with Crippen LogP contribution in [0, 0.1) is 0 Å². The van der Waals surface area contributed by atoms with E-state index in [2.05, 4.69) is 10.4 Å². The molecule has 2 aromatic carbocycles. The van der Waals surface area contributed by atoms with E-state index in [0.29, 0.717) is 16.4 Å². The lowest BCUT2D eigenvalue weighted by molar-refractivity contribution is 0.102. The lowest BCUT2D eigenvalue weighted by Crippen LogP contribution is -2.13. The highest BCUT2D eigenvalue weighted by Gasteiger charge is 2.16. The molecule has 0 aliphatic carbocycles. The Morgan fingerprint density at radius 1 is 0.923 bits per heavy atom. The number of rotatable bonds is 4. The van der Waals surface area contributed by atoms with Gasteiger partial charge in [0.25, 0.3) is 5.91 Å². The quantitative estimate of drug-likeness (QED) is 0.578. The molecule has 6 heteroatoms. The minimum absolute atomic E-state index is 0.282. The third kappa shape index (κ3) is 3.25. The summed E-state index contributed by atoms with van der Waals surface area (Å²) in [6.45, 7) is 0. The molecule has 2 aromatic heterocycles. The minimum atomic E-state index is -0.282. The molecule has 0 fully saturated rings. The Bertz CT molecular complexity index is 1020. The SMILES string of the molecule is O=C(Nc1ccc(Cl)cc1)c1cc(-n2cccc2)n(-c2ccccc2)n1. The highest BCUT2D eigenvalue weighted by molar-refractivity contribution is 6.30. The lowest BCUT2D eigenvalue weighted by atomic mass is 10.3. The molecule has 0 saturated carbocycles. The zero-order chi connectivity index (χ0) is 17.9. The van der Waals surface area contributed by atoms with Gasteiger partial charge in [-0.1, -0.05) is 29.8 Å². The Balaban J connectivity index is 1.71. The molecule has 1 amide bonds. The van der Waals surface area contributed by atoms with Crippen molar-refractivity contribution >= 4 is 23.2 Å². The number of nitrogens with one attached hydrogen (secondary N) is 1. The van der Waals surface area contributed by atoms with Crippen LogP contribution in [-0.4, -0.2) is 20.3 Å². The van der Waals surface area contributed by atoms with Crippen molar-refractivity contribution in [3.63, 3.8) is 0 Å². The molecule has 1 N–H and O–H groups in total. The summed E-state index contributed by atoms with van der Waals surface area (Å²) in [6, 6.07) is 22.3. The van der Waals surface area contributed by atoms with E-state index in [4.69, 9.17) is 11.6 Å². The van der Waals surface area contributed by atoms with Crippen molar-refractivity contribution in [3.8, 4) is 11.5 Å². The Morgan fingerprint density at radius 3 is 2.31 bits per heavy atom. The maximum Gasteiger partial charge on any atom is 0.276 e. The highest BCUT2D eigenvalue weighted by Crippen LogP contribution is 2.19. The van der Waals surface area contributed by atoms with Crippen LogP contribution in [0.3, 0.4) is 0 Å². The molecule has 128 valence electrons. The van der Waals surface area contributed by atoms with Gasteiger partial charge in [-0.3, -0.25) is 4.79 Å². The van der Waals surface area contributed by atoms with E-state index in [1.165, 1.54) is 0 Å². The molecule has 2 heterocycles. The number of aromatic nitrogens is 3. The number of hydrogen-bond acceptors (Lipinski definition) is 2. The van der Waals surface area contributed by atoms with Gasteiger partial charge >= 0.3 is 0 Å². The number of amides is 1. The third-order valence-corrected chi connectivity index (χ3v) is 4.15. The van der Waals surface area contributed by atoms with Gasteiger partial charge < -0.3 is 9.88 Å². The van der Waals surface area contributed by atoms with Crippen molar-refractivity contribution < 1.29 is 4.79 Å². The van der Waals surface area contributed by atoms with E-state index in [-0.39, 0.29) is 5.91 Å². The normalized spacial score (nSPS) is 10.7. The predicted octanol–water partition coefficient (Wildman–Crippen LogP) is 4.57. The van der Waals surface area contributed by atoms with E-state index >= 15 is 0 Å². The number of para-hydroxylation sites is 1. The van der Waals surface area contributed by atoms with E-state index in [1.807, 2.05) is 59.4 Å². The van der Waals surface area contributed by atoms with Crippen LogP contribution in [0.25, 0.3) is 11.5 Å². The van der Waals surface area contributed by atoms with Crippen LogP contribution in [0.15, 0.2) is 85.2 Å². The second kappa shape index (κ2) is 6.90. The van der Waals surface area contributed by atoms with Crippen LogP contribution < -0.4 is 5.32 Å². The molecular formula is C20H15ClN4O. The molecule has 5 nitrogen and oxygen atoms in total.